The van der Waals surface area contributed by atoms with Crippen molar-refractivity contribution >= 4 is 23.2 Å². The molecule has 0 aliphatic rings. The molecule has 0 aliphatic carbocycles. The number of alkyl halides is 2. The van der Waals surface area contributed by atoms with E-state index >= 15 is 0 Å². The van der Waals surface area contributed by atoms with Crippen LogP contribution < -0.4 is 0 Å². The predicted molar refractivity (Wildman–Crippen MR) is 59.8 cm³/mol. The first-order valence-corrected chi connectivity index (χ1v) is 5.55. The maximum absolute atomic E-state index is 5.81. The highest BCUT2D eigenvalue weighted by molar-refractivity contribution is 6.17. The molecule has 72 valence electrons. The summed E-state index contributed by atoms with van der Waals surface area (Å²) in [4.78, 5) is 0. The Morgan fingerprint density at radius 1 is 1.15 bits per heavy atom. The molecule has 0 N–H and O–H groups in total. The molecule has 0 aliphatic heterocycles. The summed E-state index contributed by atoms with van der Waals surface area (Å²) in [6.07, 6.45) is 2.09. The fourth-order valence-corrected chi connectivity index (χ4v) is 1.83. The standard InChI is InChI=1S/C11H14Cl2/c1-9-10(6-3-7-12)4-2-5-11(9)8-13/h2,4-5H,3,6-8H2,1H3. The lowest BCUT2D eigenvalue weighted by molar-refractivity contribution is 0.915. The third-order valence-corrected chi connectivity index (χ3v) is 2.84. The SMILES string of the molecule is Cc1c(CCl)cccc1CCCCl. The molecule has 0 saturated heterocycles. The van der Waals surface area contributed by atoms with Crippen molar-refractivity contribution in [2.75, 3.05) is 5.88 Å². The van der Waals surface area contributed by atoms with Crippen molar-refractivity contribution in [1.29, 1.82) is 0 Å². The lowest BCUT2D eigenvalue weighted by Gasteiger charge is -2.08. The van der Waals surface area contributed by atoms with Crippen LogP contribution in [0.25, 0.3) is 0 Å². The quantitative estimate of drug-likeness (QED) is 0.671. The van der Waals surface area contributed by atoms with E-state index in [9.17, 15) is 0 Å². The molecule has 1 aromatic rings. The van der Waals surface area contributed by atoms with Gasteiger partial charge in [0.25, 0.3) is 0 Å². The minimum absolute atomic E-state index is 0.598. The highest BCUT2D eigenvalue weighted by Crippen LogP contribution is 2.17. The Labute approximate surface area is 89.9 Å². The largest absolute Gasteiger partial charge is 0.127 e. The van der Waals surface area contributed by atoms with Gasteiger partial charge in [0.2, 0.25) is 0 Å². The van der Waals surface area contributed by atoms with Crippen molar-refractivity contribution in [2.45, 2.75) is 25.6 Å². The minimum Gasteiger partial charge on any atom is -0.127 e. The van der Waals surface area contributed by atoms with Gasteiger partial charge in [0.1, 0.15) is 0 Å². The fraction of sp³-hybridized carbons (Fsp3) is 0.455. The Bertz CT molecular complexity index is 269. The summed E-state index contributed by atoms with van der Waals surface area (Å²) in [5.41, 5.74) is 3.93. The first-order chi connectivity index (χ1) is 6.29. The molecular weight excluding hydrogens is 203 g/mol. The normalized spacial score (nSPS) is 10.4. The van der Waals surface area contributed by atoms with Crippen molar-refractivity contribution in [3.05, 3.63) is 34.9 Å². The van der Waals surface area contributed by atoms with Crippen LogP contribution in [0.1, 0.15) is 23.1 Å². The Hall–Kier alpha value is -0.200. The van der Waals surface area contributed by atoms with Crippen LogP contribution in [0.4, 0.5) is 0 Å². The van der Waals surface area contributed by atoms with Gasteiger partial charge in [-0.2, -0.15) is 0 Å². The van der Waals surface area contributed by atoms with Crippen LogP contribution in [-0.4, -0.2) is 5.88 Å². The molecule has 13 heavy (non-hydrogen) atoms. The molecule has 1 rings (SSSR count). The summed E-state index contributed by atoms with van der Waals surface area (Å²) in [6, 6.07) is 6.29. The number of halogens is 2. The van der Waals surface area contributed by atoms with Crippen LogP contribution in [-0.2, 0) is 12.3 Å². The van der Waals surface area contributed by atoms with E-state index in [2.05, 4.69) is 25.1 Å². The topological polar surface area (TPSA) is 0 Å². The van der Waals surface area contributed by atoms with Gasteiger partial charge in [0, 0.05) is 11.8 Å². The number of hydrogen-bond donors (Lipinski definition) is 0. The predicted octanol–water partition coefficient (Wildman–Crippen LogP) is 3.91. The zero-order valence-electron chi connectivity index (χ0n) is 7.82. The zero-order chi connectivity index (χ0) is 9.68. The third-order valence-electron chi connectivity index (χ3n) is 2.28. The smallest absolute Gasteiger partial charge is 0.0476 e. The van der Waals surface area contributed by atoms with Gasteiger partial charge in [0.15, 0.2) is 0 Å². The molecule has 0 heterocycles. The summed E-state index contributed by atoms with van der Waals surface area (Å²) >= 11 is 11.5. The van der Waals surface area contributed by atoms with Gasteiger partial charge in [-0.1, -0.05) is 18.2 Å². The molecule has 0 saturated carbocycles. The summed E-state index contributed by atoms with van der Waals surface area (Å²) in [5, 5.41) is 0. The van der Waals surface area contributed by atoms with Crippen LogP contribution in [0.3, 0.4) is 0 Å². The molecule has 0 nitrogen and oxygen atoms in total. The van der Waals surface area contributed by atoms with Crippen molar-refractivity contribution in [1.82, 2.24) is 0 Å². The summed E-state index contributed by atoms with van der Waals surface area (Å²) in [6.45, 7) is 2.13. The maximum Gasteiger partial charge on any atom is 0.0476 e. The van der Waals surface area contributed by atoms with E-state index in [-0.39, 0.29) is 0 Å². The first-order valence-electron chi connectivity index (χ1n) is 4.49. The fourth-order valence-electron chi connectivity index (χ4n) is 1.41. The molecule has 0 aromatic heterocycles. The van der Waals surface area contributed by atoms with Gasteiger partial charge >= 0.3 is 0 Å². The molecule has 0 atom stereocenters. The maximum atomic E-state index is 5.81. The molecule has 0 spiro atoms. The van der Waals surface area contributed by atoms with Crippen molar-refractivity contribution < 1.29 is 0 Å². The molecule has 0 amide bonds. The summed E-state index contributed by atoms with van der Waals surface area (Å²) in [5.74, 6) is 1.32. The van der Waals surface area contributed by atoms with Gasteiger partial charge in [-0.3, -0.25) is 0 Å². The molecule has 1 aromatic carbocycles. The number of hydrogen-bond acceptors (Lipinski definition) is 0. The van der Waals surface area contributed by atoms with Gasteiger partial charge in [-0.15, -0.1) is 23.2 Å². The highest BCUT2D eigenvalue weighted by atomic mass is 35.5. The number of rotatable bonds is 4. The van der Waals surface area contributed by atoms with Crippen molar-refractivity contribution in [2.24, 2.45) is 0 Å². The monoisotopic (exact) mass is 216 g/mol. The summed E-state index contributed by atoms with van der Waals surface area (Å²) < 4.78 is 0. The van der Waals surface area contributed by atoms with E-state index in [1.54, 1.807) is 0 Å². The van der Waals surface area contributed by atoms with Gasteiger partial charge in [-0.25, -0.2) is 0 Å². The third kappa shape index (κ3) is 2.89. The molecule has 0 fully saturated rings. The first kappa shape index (κ1) is 10.9. The average Bonchev–Trinajstić information content (AvgIpc) is 2.16. The van der Waals surface area contributed by atoms with Crippen LogP contribution in [0, 0.1) is 6.92 Å². The summed E-state index contributed by atoms with van der Waals surface area (Å²) in [7, 11) is 0. The van der Waals surface area contributed by atoms with E-state index in [0.717, 1.165) is 18.7 Å². The molecule has 0 unspecified atom stereocenters. The second-order valence-electron chi connectivity index (χ2n) is 3.13. The van der Waals surface area contributed by atoms with Gasteiger partial charge in [-0.05, 0) is 36.5 Å². The van der Waals surface area contributed by atoms with Crippen LogP contribution in [0.5, 0.6) is 0 Å². The lowest BCUT2D eigenvalue weighted by Crippen LogP contribution is -1.94. The molecular formula is C11H14Cl2. The van der Waals surface area contributed by atoms with E-state index in [1.165, 1.54) is 16.7 Å². The van der Waals surface area contributed by atoms with Crippen LogP contribution in [0.15, 0.2) is 18.2 Å². The van der Waals surface area contributed by atoms with E-state index in [4.69, 9.17) is 23.2 Å². The van der Waals surface area contributed by atoms with Crippen LogP contribution >= 0.6 is 23.2 Å². The van der Waals surface area contributed by atoms with Crippen molar-refractivity contribution in [3.8, 4) is 0 Å². The second-order valence-corrected chi connectivity index (χ2v) is 3.77. The minimum atomic E-state index is 0.598. The molecule has 0 bridgehead atoms. The van der Waals surface area contributed by atoms with E-state index in [1.807, 2.05) is 0 Å². The molecule has 2 heteroatoms. The average molecular weight is 217 g/mol. The number of aryl methyl sites for hydroxylation is 1. The zero-order valence-corrected chi connectivity index (χ0v) is 9.33. The molecule has 0 radical (unpaired) electrons. The lowest BCUT2D eigenvalue weighted by atomic mass is 10.0. The van der Waals surface area contributed by atoms with E-state index < -0.39 is 0 Å². The van der Waals surface area contributed by atoms with Gasteiger partial charge < -0.3 is 0 Å². The Morgan fingerprint density at radius 3 is 2.46 bits per heavy atom. The Kier molecular flexibility index (Phi) is 4.61. The second kappa shape index (κ2) is 5.51. The van der Waals surface area contributed by atoms with Crippen molar-refractivity contribution in [3.63, 3.8) is 0 Å². The Morgan fingerprint density at radius 2 is 1.85 bits per heavy atom. The van der Waals surface area contributed by atoms with E-state index in [0.29, 0.717) is 5.88 Å². The van der Waals surface area contributed by atoms with Crippen LogP contribution in [0.2, 0.25) is 0 Å². The Balaban J connectivity index is 2.81. The number of benzene rings is 1. The van der Waals surface area contributed by atoms with Gasteiger partial charge in [0.05, 0.1) is 0 Å². The highest BCUT2D eigenvalue weighted by Gasteiger charge is 2.01.